The smallest absolute Gasteiger partial charge is 0.326 e. The molecule has 3 heterocycles. The summed E-state index contributed by atoms with van der Waals surface area (Å²) in [5, 5.41) is 0. The molecule has 49 heavy (non-hydrogen) atoms. The quantitative estimate of drug-likeness (QED) is 0.178. The molecule has 1 aliphatic rings. The summed E-state index contributed by atoms with van der Waals surface area (Å²) in [6.07, 6.45) is 1.83. The van der Waals surface area contributed by atoms with Gasteiger partial charge in [-0.25, -0.2) is 23.2 Å². The van der Waals surface area contributed by atoms with Gasteiger partial charge < -0.3 is 10.7 Å². The van der Waals surface area contributed by atoms with Gasteiger partial charge in [-0.05, 0) is 73.0 Å². The van der Waals surface area contributed by atoms with E-state index < -0.39 is 9.84 Å². The summed E-state index contributed by atoms with van der Waals surface area (Å²) in [5.41, 5.74) is 13.6. The molecular weight excluding hydrogens is 633 g/mol. The molecule has 1 saturated heterocycles. The van der Waals surface area contributed by atoms with Gasteiger partial charge in [0.15, 0.2) is 0 Å². The minimum atomic E-state index is -3.77. The third-order valence-electron chi connectivity index (χ3n) is 9.36. The summed E-state index contributed by atoms with van der Waals surface area (Å²) in [6.45, 7) is 2.63. The highest BCUT2D eigenvalue weighted by molar-refractivity contribution is 7.91. The molecule has 3 N–H and O–H groups in total. The number of hydrogen-bond donors (Lipinski definition) is 2. The molecule has 10 heteroatoms. The highest BCUT2D eigenvalue weighted by atomic mass is 32.2. The lowest BCUT2D eigenvalue weighted by Crippen LogP contribution is -2.36. The van der Waals surface area contributed by atoms with E-state index in [0.29, 0.717) is 22.4 Å². The lowest BCUT2D eigenvalue weighted by Gasteiger charge is -2.32. The molecule has 0 bridgehead atoms. The van der Waals surface area contributed by atoms with Crippen molar-refractivity contribution in [1.29, 1.82) is 0 Å². The van der Waals surface area contributed by atoms with Crippen LogP contribution in [0.2, 0.25) is 0 Å². The monoisotopic (exact) mass is 666 g/mol. The first kappa shape index (κ1) is 30.7. The number of nitrogen functional groups attached to an aromatic ring is 1. The number of imidazole rings is 1. The molecule has 0 spiro atoms. The van der Waals surface area contributed by atoms with E-state index in [9.17, 15) is 13.2 Å². The molecule has 0 aliphatic carbocycles. The van der Waals surface area contributed by atoms with Gasteiger partial charge in [0.2, 0.25) is 9.84 Å². The normalized spacial score (nSPS) is 14.4. The first-order valence-corrected chi connectivity index (χ1v) is 17.8. The van der Waals surface area contributed by atoms with Crippen LogP contribution in [0.5, 0.6) is 0 Å². The maximum absolute atomic E-state index is 13.4. The summed E-state index contributed by atoms with van der Waals surface area (Å²) in [6, 6.07) is 37.4. The summed E-state index contributed by atoms with van der Waals surface area (Å²) in [5.74, 6) is 0. The number of likely N-dealkylation sites (tertiary alicyclic amines) is 1. The molecule has 1 fully saturated rings. The van der Waals surface area contributed by atoms with Crippen LogP contribution >= 0.6 is 0 Å². The maximum atomic E-state index is 13.4. The molecule has 0 atom stereocenters. The predicted molar refractivity (Wildman–Crippen MR) is 193 cm³/mol. The van der Waals surface area contributed by atoms with Crippen molar-refractivity contribution in [1.82, 2.24) is 24.4 Å². The molecule has 244 valence electrons. The van der Waals surface area contributed by atoms with Crippen molar-refractivity contribution < 1.29 is 8.42 Å². The minimum Gasteiger partial charge on any atom is -0.399 e. The number of nitrogens with two attached hydrogens (primary N) is 1. The van der Waals surface area contributed by atoms with E-state index in [1.807, 2.05) is 59.2 Å². The van der Waals surface area contributed by atoms with E-state index >= 15 is 0 Å². The average Bonchev–Trinajstić information content (AvgIpc) is 3.47. The second-order valence-corrected chi connectivity index (χ2v) is 14.5. The number of piperidine rings is 1. The standard InChI is InChI=1S/C39H34N6O3S/c40-29-14-16-31(17-15-29)49(47,48)32-18-19-33-35(24-32)42-37(27-6-2-1-3-7-27)38(41-33)28-12-10-26(11-13-28)25-44-22-20-30(21-23-44)45-36-9-5-4-8-34(36)43-39(45)46/h1-19,24,30H,20-23,25,40H2,(H,43,46). The number of H-pyrrole nitrogens is 1. The average molecular weight is 667 g/mol. The highest BCUT2D eigenvalue weighted by Gasteiger charge is 2.24. The van der Waals surface area contributed by atoms with Gasteiger partial charge in [0.1, 0.15) is 0 Å². The molecule has 0 radical (unpaired) electrons. The van der Waals surface area contributed by atoms with E-state index in [0.717, 1.165) is 60.3 Å². The molecule has 0 saturated carbocycles. The predicted octanol–water partition coefficient (Wildman–Crippen LogP) is 6.86. The van der Waals surface area contributed by atoms with E-state index in [1.165, 1.54) is 17.7 Å². The first-order valence-electron chi connectivity index (χ1n) is 16.3. The number of anilines is 1. The zero-order chi connectivity index (χ0) is 33.5. The molecule has 8 rings (SSSR count). The number of benzene rings is 5. The van der Waals surface area contributed by atoms with Crippen LogP contribution in [-0.2, 0) is 16.4 Å². The van der Waals surface area contributed by atoms with Crippen LogP contribution in [-0.4, -0.2) is 45.9 Å². The fourth-order valence-corrected chi connectivity index (χ4v) is 8.06. The molecule has 2 aromatic heterocycles. The van der Waals surface area contributed by atoms with Gasteiger partial charge in [0.05, 0.1) is 43.2 Å². The third-order valence-corrected chi connectivity index (χ3v) is 11.1. The fourth-order valence-electron chi connectivity index (χ4n) is 6.78. The van der Waals surface area contributed by atoms with E-state index in [2.05, 4.69) is 34.1 Å². The van der Waals surface area contributed by atoms with Gasteiger partial charge in [0.25, 0.3) is 0 Å². The van der Waals surface area contributed by atoms with Crippen molar-refractivity contribution in [3.05, 3.63) is 137 Å². The van der Waals surface area contributed by atoms with Crippen LogP contribution in [0.15, 0.2) is 136 Å². The lowest BCUT2D eigenvalue weighted by molar-refractivity contribution is 0.180. The molecule has 0 unspecified atom stereocenters. The van der Waals surface area contributed by atoms with Crippen LogP contribution in [0.3, 0.4) is 0 Å². The van der Waals surface area contributed by atoms with Crippen molar-refractivity contribution in [2.45, 2.75) is 35.2 Å². The van der Waals surface area contributed by atoms with E-state index in [4.69, 9.17) is 15.7 Å². The largest absolute Gasteiger partial charge is 0.399 e. The summed E-state index contributed by atoms with van der Waals surface area (Å²) >= 11 is 0. The van der Waals surface area contributed by atoms with Crippen LogP contribution in [0.4, 0.5) is 5.69 Å². The topological polar surface area (TPSA) is 127 Å². The zero-order valence-electron chi connectivity index (χ0n) is 26.7. The Morgan fingerprint density at radius 1 is 0.714 bits per heavy atom. The number of nitrogens with one attached hydrogen (secondary N) is 1. The molecule has 5 aromatic carbocycles. The van der Waals surface area contributed by atoms with Gasteiger partial charge in [-0.3, -0.25) is 9.47 Å². The van der Waals surface area contributed by atoms with Crippen molar-refractivity contribution >= 4 is 37.6 Å². The summed E-state index contributed by atoms with van der Waals surface area (Å²) in [7, 11) is -3.77. The van der Waals surface area contributed by atoms with E-state index in [-0.39, 0.29) is 21.5 Å². The van der Waals surface area contributed by atoms with Gasteiger partial charge >= 0.3 is 5.69 Å². The van der Waals surface area contributed by atoms with Gasteiger partial charge in [-0.15, -0.1) is 0 Å². The molecular formula is C39H34N6O3S. The second-order valence-electron chi connectivity index (χ2n) is 12.5. The molecule has 9 nitrogen and oxygen atoms in total. The molecule has 7 aromatic rings. The number of sulfone groups is 1. The Labute approximate surface area is 283 Å². The number of aromatic amines is 1. The summed E-state index contributed by atoms with van der Waals surface area (Å²) in [4.78, 5) is 28.5. The Kier molecular flexibility index (Phi) is 7.82. The van der Waals surface area contributed by atoms with Crippen molar-refractivity contribution in [3.8, 4) is 22.5 Å². The van der Waals surface area contributed by atoms with Crippen LogP contribution in [0.25, 0.3) is 44.6 Å². The number of nitrogens with zero attached hydrogens (tertiary/aromatic N) is 4. The maximum Gasteiger partial charge on any atom is 0.326 e. The molecule has 0 amide bonds. The third kappa shape index (κ3) is 5.90. The summed E-state index contributed by atoms with van der Waals surface area (Å²) < 4.78 is 28.8. The van der Waals surface area contributed by atoms with Gasteiger partial charge in [0, 0.05) is 42.5 Å². The number of aromatic nitrogens is 4. The minimum absolute atomic E-state index is 0.0365. The van der Waals surface area contributed by atoms with Crippen molar-refractivity contribution in [3.63, 3.8) is 0 Å². The number of rotatable bonds is 7. The SMILES string of the molecule is Nc1ccc(S(=O)(=O)c2ccc3nc(-c4ccc(CN5CCC(n6c(=O)[nH]c7ccccc76)CC5)cc4)c(-c4ccccc4)nc3c2)cc1. The van der Waals surface area contributed by atoms with Crippen molar-refractivity contribution in [2.75, 3.05) is 18.8 Å². The van der Waals surface area contributed by atoms with Gasteiger partial charge in [-0.1, -0.05) is 66.7 Å². The Hall–Kier alpha value is -5.58. The van der Waals surface area contributed by atoms with Crippen LogP contribution < -0.4 is 11.4 Å². The van der Waals surface area contributed by atoms with Crippen LogP contribution in [0, 0.1) is 0 Å². The lowest BCUT2D eigenvalue weighted by atomic mass is 10.0. The fraction of sp³-hybridized carbons (Fsp3) is 0.154. The highest BCUT2D eigenvalue weighted by Crippen LogP contribution is 2.33. The Bertz CT molecular complexity index is 2470. The Morgan fingerprint density at radius 3 is 2.08 bits per heavy atom. The second kappa shape index (κ2) is 12.5. The van der Waals surface area contributed by atoms with Crippen LogP contribution in [0.1, 0.15) is 24.4 Å². The van der Waals surface area contributed by atoms with Crippen molar-refractivity contribution in [2.24, 2.45) is 0 Å². The number of fused-ring (bicyclic) bond motifs is 2. The van der Waals surface area contributed by atoms with Gasteiger partial charge in [-0.2, -0.15) is 0 Å². The number of hydrogen-bond acceptors (Lipinski definition) is 7. The first-order chi connectivity index (χ1) is 23.8. The molecule has 1 aliphatic heterocycles. The Morgan fingerprint density at radius 2 is 1.35 bits per heavy atom. The number of para-hydroxylation sites is 2. The Balaban J connectivity index is 1.05. The van der Waals surface area contributed by atoms with E-state index in [1.54, 1.807) is 30.3 Å². The zero-order valence-corrected chi connectivity index (χ0v) is 27.5.